The fourth-order valence-electron chi connectivity index (χ4n) is 4.28. The summed E-state index contributed by atoms with van der Waals surface area (Å²) in [6.07, 6.45) is 18.1. The van der Waals surface area contributed by atoms with E-state index in [1.54, 1.807) is 0 Å². The zero-order valence-electron chi connectivity index (χ0n) is 22.1. The van der Waals surface area contributed by atoms with E-state index in [9.17, 15) is 9.59 Å². The Morgan fingerprint density at radius 2 is 0.694 bits per heavy atom. The summed E-state index contributed by atoms with van der Waals surface area (Å²) in [6.45, 7) is 0.761. The zero-order valence-corrected chi connectivity index (χ0v) is 22.1. The molecule has 0 radical (unpaired) electrons. The van der Waals surface area contributed by atoms with Crippen LogP contribution < -0.4 is 0 Å². The van der Waals surface area contributed by atoms with Gasteiger partial charge in [-0.2, -0.15) is 0 Å². The molecule has 36 heavy (non-hydrogen) atoms. The lowest BCUT2D eigenvalue weighted by atomic mass is 10.0. The van der Waals surface area contributed by atoms with Crippen molar-refractivity contribution in [3.05, 3.63) is 71.8 Å². The number of carbonyl (C=O) groups excluding carboxylic acids is 2. The first-order chi connectivity index (χ1) is 17.7. The Kier molecular flexibility index (Phi) is 16.9. The van der Waals surface area contributed by atoms with Gasteiger partial charge in [0.1, 0.15) is 13.2 Å². The van der Waals surface area contributed by atoms with Gasteiger partial charge in [0.2, 0.25) is 0 Å². The Hall–Kier alpha value is -2.62. The van der Waals surface area contributed by atoms with Gasteiger partial charge in [0.25, 0.3) is 0 Å². The molecule has 0 atom stereocenters. The van der Waals surface area contributed by atoms with Crippen molar-refractivity contribution in [2.24, 2.45) is 0 Å². The van der Waals surface area contributed by atoms with Crippen molar-refractivity contribution in [2.75, 3.05) is 0 Å². The smallest absolute Gasteiger partial charge is 0.306 e. The number of unbranched alkanes of at least 4 members (excludes halogenated alkanes) is 13. The van der Waals surface area contributed by atoms with Gasteiger partial charge in [-0.15, -0.1) is 0 Å². The lowest BCUT2D eigenvalue weighted by Crippen LogP contribution is -2.04. The maximum atomic E-state index is 11.8. The fourth-order valence-corrected chi connectivity index (χ4v) is 4.28. The molecule has 0 N–H and O–H groups in total. The molecule has 0 bridgehead atoms. The van der Waals surface area contributed by atoms with Crippen LogP contribution in [0.25, 0.3) is 0 Å². The van der Waals surface area contributed by atoms with Crippen molar-refractivity contribution >= 4 is 11.9 Å². The van der Waals surface area contributed by atoms with E-state index in [1.807, 2.05) is 60.7 Å². The third kappa shape index (κ3) is 16.1. The molecule has 0 saturated carbocycles. The quantitative estimate of drug-likeness (QED) is 0.129. The van der Waals surface area contributed by atoms with Crippen LogP contribution in [0, 0.1) is 0 Å². The highest BCUT2D eigenvalue weighted by Crippen LogP contribution is 2.14. The molecule has 0 spiro atoms. The van der Waals surface area contributed by atoms with Gasteiger partial charge in [-0.1, -0.05) is 138 Å². The topological polar surface area (TPSA) is 52.6 Å². The Morgan fingerprint density at radius 1 is 0.417 bits per heavy atom. The van der Waals surface area contributed by atoms with E-state index < -0.39 is 0 Å². The van der Waals surface area contributed by atoms with Crippen molar-refractivity contribution in [3.63, 3.8) is 0 Å². The lowest BCUT2D eigenvalue weighted by molar-refractivity contribution is -0.146. The van der Waals surface area contributed by atoms with Crippen LogP contribution in [0.4, 0.5) is 0 Å². The second-order valence-corrected chi connectivity index (χ2v) is 9.74. The van der Waals surface area contributed by atoms with Crippen LogP contribution in [0.15, 0.2) is 60.7 Å². The van der Waals surface area contributed by atoms with Crippen LogP contribution in [-0.2, 0) is 32.3 Å². The standard InChI is InChI=1S/C32H46O4/c33-31(35-27-29-21-15-13-16-22-29)25-19-11-9-7-5-3-1-2-4-6-8-10-12-20-26-32(34)36-28-30-23-17-14-18-24-30/h13-18,21-24H,1-12,19-20,25-28H2. The summed E-state index contributed by atoms with van der Waals surface area (Å²) in [6, 6.07) is 19.7. The largest absolute Gasteiger partial charge is 0.461 e. The van der Waals surface area contributed by atoms with E-state index in [4.69, 9.17) is 9.47 Å². The van der Waals surface area contributed by atoms with Gasteiger partial charge in [-0.05, 0) is 24.0 Å². The molecule has 0 aliphatic rings. The molecule has 0 amide bonds. The van der Waals surface area contributed by atoms with Gasteiger partial charge in [-0.3, -0.25) is 9.59 Å². The van der Waals surface area contributed by atoms with E-state index in [1.165, 1.54) is 64.2 Å². The van der Waals surface area contributed by atoms with E-state index in [-0.39, 0.29) is 11.9 Å². The molecule has 0 heterocycles. The fraction of sp³-hybridized carbons (Fsp3) is 0.562. The Balaban J connectivity index is 1.25. The minimum Gasteiger partial charge on any atom is -0.461 e. The molecular weight excluding hydrogens is 448 g/mol. The number of carbonyl (C=O) groups is 2. The summed E-state index contributed by atoms with van der Waals surface area (Å²) in [4.78, 5) is 23.6. The molecule has 0 saturated heterocycles. The van der Waals surface area contributed by atoms with E-state index in [0.717, 1.165) is 36.8 Å². The van der Waals surface area contributed by atoms with Crippen molar-refractivity contribution in [2.45, 2.75) is 116 Å². The number of esters is 2. The Morgan fingerprint density at radius 3 is 1.00 bits per heavy atom. The molecule has 0 fully saturated rings. The number of rotatable bonds is 21. The minimum atomic E-state index is -0.0832. The first-order valence-corrected chi connectivity index (χ1v) is 14.1. The minimum absolute atomic E-state index is 0.0832. The number of ether oxygens (including phenoxy) is 2. The predicted molar refractivity (Wildman–Crippen MR) is 146 cm³/mol. The lowest BCUT2D eigenvalue weighted by Gasteiger charge is -2.06. The zero-order chi connectivity index (χ0) is 25.5. The monoisotopic (exact) mass is 494 g/mol. The van der Waals surface area contributed by atoms with Crippen molar-refractivity contribution in [3.8, 4) is 0 Å². The van der Waals surface area contributed by atoms with Crippen molar-refractivity contribution < 1.29 is 19.1 Å². The van der Waals surface area contributed by atoms with Crippen molar-refractivity contribution in [1.29, 1.82) is 0 Å². The van der Waals surface area contributed by atoms with Gasteiger partial charge < -0.3 is 9.47 Å². The number of hydrogen-bond acceptors (Lipinski definition) is 4. The van der Waals surface area contributed by atoms with Gasteiger partial charge in [0.15, 0.2) is 0 Å². The first-order valence-electron chi connectivity index (χ1n) is 14.1. The third-order valence-electron chi connectivity index (χ3n) is 6.50. The van der Waals surface area contributed by atoms with Crippen LogP contribution >= 0.6 is 0 Å². The molecule has 0 aliphatic heterocycles. The van der Waals surface area contributed by atoms with Gasteiger partial charge in [0, 0.05) is 12.8 Å². The summed E-state index contributed by atoms with van der Waals surface area (Å²) < 4.78 is 10.6. The molecule has 2 aromatic rings. The third-order valence-corrected chi connectivity index (χ3v) is 6.50. The van der Waals surface area contributed by atoms with Crippen molar-refractivity contribution in [1.82, 2.24) is 0 Å². The van der Waals surface area contributed by atoms with Crippen LogP contribution in [0.1, 0.15) is 114 Å². The predicted octanol–water partition coefficient (Wildman–Crippen LogP) is 8.71. The molecule has 0 aromatic heterocycles. The summed E-state index contributed by atoms with van der Waals surface area (Å²) in [5.41, 5.74) is 2.08. The summed E-state index contributed by atoms with van der Waals surface area (Å²) in [5, 5.41) is 0. The average Bonchev–Trinajstić information content (AvgIpc) is 2.91. The summed E-state index contributed by atoms with van der Waals surface area (Å²) in [7, 11) is 0. The summed E-state index contributed by atoms with van der Waals surface area (Å²) >= 11 is 0. The van der Waals surface area contributed by atoms with E-state index in [0.29, 0.717) is 26.1 Å². The second-order valence-electron chi connectivity index (χ2n) is 9.74. The molecular formula is C32H46O4. The van der Waals surface area contributed by atoms with E-state index >= 15 is 0 Å². The molecule has 4 nitrogen and oxygen atoms in total. The van der Waals surface area contributed by atoms with Crippen LogP contribution in [0.3, 0.4) is 0 Å². The molecule has 198 valence electrons. The van der Waals surface area contributed by atoms with Crippen LogP contribution in [0.5, 0.6) is 0 Å². The number of benzene rings is 2. The van der Waals surface area contributed by atoms with Crippen LogP contribution in [0.2, 0.25) is 0 Å². The maximum absolute atomic E-state index is 11.8. The SMILES string of the molecule is O=C(CCCCCCCCCCCCCCCCC(=O)OCc1ccccc1)OCc1ccccc1. The van der Waals surface area contributed by atoms with Crippen LogP contribution in [-0.4, -0.2) is 11.9 Å². The molecule has 0 unspecified atom stereocenters. The number of hydrogen-bond donors (Lipinski definition) is 0. The Bertz CT molecular complexity index is 734. The highest BCUT2D eigenvalue weighted by molar-refractivity contribution is 5.69. The normalized spacial score (nSPS) is 10.8. The summed E-state index contributed by atoms with van der Waals surface area (Å²) in [5.74, 6) is -0.166. The molecule has 2 aromatic carbocycles. The van der Waals surface area contributed by atoms with E-state index in [2.05, 4.69) is 0 Å². The molecule has 4 heteroatoms. The maximum Gasteiger partial charge on any atom is 0.306 e. The van der Waals surface area contributed by atoms with Gasteiger partial charge >= 0.3 is 11.9 Å². The molecule has 2 rings (SSSR count). The highest BCUT2D eigenvalue weighted by Gasteiger charge is 2.04. The Labute approximate surface area is 218 Å². The average molecular weight is 495 g/mol. The first kappa shape index (κ1) is 29.6. The van der Waals surface area contributed by atoms with Gasteiger partial charge in [0.05, 0.1) is 0 Å². The molecule has 0 aliphatic carbocycles. The second kappa shape index (κ2) is 20.6. The van der Waals surface area contributed by atoms with Gasteiger partial charge in [-0.25, -0.2) is 0 Å². The highest BCUT2D eigenvalue weighted by atomic mass is 16.5.